The van der Waals surface area contributed by atoms with E-state index in [2.05, 4.69) is 4.98 Å². The molecule has 2 rings (SSSR count). The quantitative estimate of drug-likeness (QED) is 0.897. The molecule has 2 aromatic rings. The molecule has 0 aliphatic rings. The second-order valence-electron chi connectivity index (χ2n) is 3.78. The molecule has 1 aromatic heterocycles. The molecule has 0 fully saturated rings. The summed E-state index contributed by atoms with van der Waals surface area (Å²) in [6.45, 7) is 0. The van der Waals surface area contributed by atoms with Crippen molar-refractivity contribution in [1.82, 2.24) is 4.98 Å². The van der Waals surface area contributed by atoms with Gasteiger partial charge in [-0.3, -0.25) is 0 Å². The van der Waals surface area contributed by atoms with Gasteiger partial charge in [-0.15, -0.1) is 0 Å². The van der Waals surface area contributed by atoms with Crippen molar-refractivity contribution in [1.29, 1.82) is 0 Å². The molecule has 0 radical (unpaired) electrons. The highest BCUT2D eigenvalue weighted by molar-refractivity contribution is 5.32. The molecular formula is C14H15NO3. The maximum absolute atomic E-state index is 10.2. The average Bonchev–Trinajstić information content (AvgIpc) is 2.46. The van der Waals surface area contributed by atoms with Crippen LogP contribution < -0.4 is 9.47 Å². The number of hydrogen-bond donors (Lipinski definition) is 1. The maximum atomic E-state index is 10.2. The number of aliphatic hydroxyl groups excluding tert-OH is 1. The number of aliphatic hydroxyl groups is 1. The van der Waals surface area contributed by atoms with E-state index >= 15 is 0 Å². The minimum atomic E-state index is -0.772. The zero-order chi connectivity index (χ0) is 13.0. The van der Waals surface area contributed by atoms with E-state index in [9.17, 15) is 5.11 Å². The SMILES string of the molecule is COc1ccc(C(O)c2cccc(OC)n2)cc1. The number of ether oxygens (including phenoxy) is 2. The number of methoxy groups -OCH3 is 2. The van der Waals surface area contributed by atoms with Gasteiger partial charge >= 0.3 is 0 Å². The molecule has 0 aliphatic heterocycles. The second kappa shape index (κ2) is 5.51. The molecule has 1 N–H and O–H groups in total. The predicted octanol–water partition coefficient (Wildman–Crippen LogP) is 2.18. The van der Waals surface area contributed by atoms with Gasteiger partial charge in [0.25, 0.3) is 0 Å². The molecule has 1 aromatic carbocycles. The van der Waals surface area contributed by atoms with Crippen LogP contribution in [0.3, 0.4) is 0 Å². The van der Waals surface area contributed by atoms with Crippen LogP contribution in [0.15, 0.2) is 42.5 Å². The first kappa shape index (κ1) is 12.4. The van der Waals surface area contributed by atoms with E-state index in [1.54, 1.807) is 44.6 Å². The van der Waals surface area contributed by atoms with Crippen LogP contribution >= 0.6 is 0 Å². The molecule has 18 heavy (non-hydrogen) atoms. The molecule has 0 spiro atoms. The van der Waals surface area contributed by atoms with Gasteiger partial charge in [0.15, 0.2) is 0 Å². The van der Waals surface area contributed by atoms with Gasteiger partial charge in [-0.1, -0.05) is 18.2 Å². The molecule has 0 aliphatic carbocycles. The Bertz CT molecular complexity index is 511. The van der Waals surface area contributed by atoms with Crippen molar-refractivity contribution in [3.05, 3.63) is 53.7 Å². The van der Waals surface area contributed by atoms with Crippen molar-refractivity contribution in [2.24, 2.45) is 0 Å². The van der Waals surface area contributed by atoms with E-state index in [0.29, 0.717) is 11.6 Å². The fourth-order valence-electron chi connectivity index (χ4n) is 1.65. The van der Waals surface area contributed by atoms with Crippen LogP contribution in [0.1, 0.15) is 17.4 Å². The first-order chi connectivity index (χ1) is 8.74. The summed E-state index contributed by atoms with van der Waals surface area (Å²) in [7, 11) is 3.15. The van der Waals surface area contributed by atoms with Gasteiger partial charge in [0.1, 0.15) is 11.9 Å². The topological polar surface area (TPSA) is 51.6 Å². The van der Waals surface area contributed by atoms with Gasteiger partial charge < -0.3 is 14.6 Å². The number of nitrogens with zero attached hydrogens (tertiary/aromatic N) is 1. The Morgan fingerprint density at radius 2 is 1.72 bits per heavy atom. The number of rotatable bonds is 4. The van der Waals surface area contributed by atoms with Crippen molar-refractivity contribution < 1.29 is 14.6 Å². The first-order valence-electron chi connectivity index (χ1n) is 5.57. The maximum Gasteiger partial charge on any atom is 0.213 e. The highest BCUT2D eigenvalue weighted by Gasteiger charge is 2.12. The summed E-state index contributed by atoms with van der Waals surface area (Å²) >= 11 is 0. The summed E-state index contributed by atoms with van der Waals surface area (Å²) in [4.78, 5) is 4.21. The van der Waals surface area contributed by atoms with Gasteiger partial charge in [0.05, 0.1) is 19.9 Å². The van der Waals surface area contributed by atoms with Gasteiger partial charge in [0.2, 0.25) is 5.88 Å². The molecule has 0 amide bonds. The Morgan fingerprint density at radius 1 is 1.00 bits per heavy atom. The summed E-state index contributed by atoms with van der Waals surface area (Å²) in [5, 5.41) is 10.2. The highest BCUT2D eigenvalue weighted by atomic mass is 16.5. The Labute approximate surface area is 106 Å². The highest BCUT2D eigenvalue weighted by Crippen LogP contribution is 2.23. The number of benzene rings is 1. The normalized spacial score (nSPS) is 11.9. The lowest BCUT2D eigenvalue weighted by Gasteiger charge is -2.11. The molecule has 1 atom stereocenters. The summed E-state index contributed by atoms with van der Waals surface area (Å²) in [6.07, 6.45) is -0.772. The van der Waals surface area contributed by atoms with E-state index in [-0.39, 0.29) is 0 Å². The lowest BCUT2D eigenvalue weighted by Crippen LogP contribution is -2.03. The first-order valence-corrected chi connectivity index (χ1v) is 5.57. The molecule has 1 heterocycles. The van der Waals surface area contributed by atoms with E-state index in [1.165, 1.54) is 0 Å². The predicted molar refractivity (Wildman–Crippen MR) is 67.8 cm³/mol. The Hall–Kier alpha value is -2.07. The third-order valence-corrected chi connectivity index (χ3v) is 2.67. The zero-order valence-electron chi connectivity index (χ0n) is 10.3. The van der Waals surface area contributed by atoms with Crippen LogP contribution in [0, 0.1) is 0 Å². The second-order valence-corrected chi connectivity index (χ2v) is 3.78. The minimum absolute atomic E-state index is 0.486. The van der Waals surface area contributed by atoms with Crippen LogP contribution in [0.4, 0.5) is 0 Å². The molecule has 4 heteroatoms. The van der Waals surface area contributed by atoms with Crippen LogP contribution in [-0.4, -0.2) is 24.3 Å². The fourth-order valence-corrected chi connectivity index (χ4v) is 1.65. The van der Waals surface area contributed by atoms with Crippen molar-refractivity contribution in [2.75, 3.05) is 14.2 Å². The summed E-state index contributed by atoms with van der Waals surface area (Å²) < 4.78 is 10.1. The Balaban J connectivity index is 2.25. The Kier molecular flexibility index (Phi) is 3.79. The van der Waals surface area contributed by atoms with Crippen LogP contribution in [-0.2, 0) is 0 Å². The lowest BCUT2D eigenvalue weighted by atomic mass is 10.1. The summed E-state index contributed by atoms with van der Waals surface area (Å²) in [6, 6.07) is 12.5. The smallest absolute Gasteiger partial charge is 0.213 e. The monoisotopic (exact) mass is 245 g/mol. The molecule has 1 unspecified atom stereocenters. The van der Waals surface area contributed by atoms with Crippen molar-refractivity contribution >= 4 is 0 Å². The largest absolute Gasteiger partial charge is 0.497 e. The Morgan fingerprint density at radius 3 is 2.33 bits per heavy atom. The minimum Gasteiger partial charge on any atom is -0.497 e. The third-order valence-electron chi connectivity index (χ3n) is 2.67. The van der Waals surface area contributed by atoms with Gasteiger partial charge in [0, 0.05) is 6.07 Å². The molecular weight excluding hydrogens is 230 g/mol. The lowest BCUT2D eigenvalue weighted by molar-refractivity contribution is 0.213. The van der Waals surface area contributed by atoms with E-state index in [4.69, 9.17) is 9.47 Å². The van der Waals surface area contributed by atoms with Crippen molar-refractivity contribution in [2.45, 2.75) is 6.10 Å². The molecule has 94 valence electrons. The van der Waals surface area contributed by atoms with Crippen LogP contribution in [0.25, 0.3) is 0 Å². The molecule has 4 nitrogen and oxygen atoms in total. The van der Waals surface area contributed by atoms with Crippen LogP contribution in [0.5, 0.6) is 11.6 Å². The molecule has 0 saturated carbocycles. The standard InChI is InChI=1S/C14H15NO3/c1-17-11-8-6-10(7-9-11)14(16)12-4-3-5-13(15-12)18-2/h3-9,14,16H,1-2H3. The third kappa shape index (κ3) is 2.60. The molecule has 0 saturated heterocycles. The summed E-state index contributed by atoms with van der Waals surface area (Å²) in [5.74, 6) is 1.24. The van der Waals surface area contributed by atoms with E-state index in [1.807, 2.05) is 12.1 Å². The zero-order valence-corrected chi connectivity index (χ0v) is 10.3. The number of pyridine rings is 1. The van der Waals surface area contributed by atoms with E-state index in [0.717, 1.165) is 11.3 Å². The number of aromatic nitrogens is 1. The van der Waals surface area contributed by atoms with Crippen molar-refractivity contribution in [3.63, 3.8) is 0 Å². The fraction of sp³-hybridized carbons (Fsp3) is 0.214. The van der Waals surface area contributed by atoms with Gasteiger partial charge in [-0.2, -0.15) is 0 Å². The van der Waals surface area contributed by atoms with Crippen molar-refractivity contribution in [3.8, 4) is 11.6 Å². The van der Waals surface area contributed by atoms with Crippen LogP contribution in [0.2, 0.25) is 0 Å². The molecule has 0 bridgehead atoms. The average molecular weight is 245 g/mol. The number of hydrogen-bond acceptors (Lipinski definition) is 4. The van der Waals surface area contributed by atoms with Gasteiger partial charge in [-0.05, 0) is 23.8 Å². The van der Waals surface area contributed by atoms with E-state index < -0.39 is 6.10 Å². The summed E-state index contributed by atoms with van der Waals surface area (Å²) in [5.41, 5.74) is 1.32. The van der Waals surface area contributed by atoms with Gasteiger partial charge in [-0.25, -0.2) is 4.98 Å².